The van der Waals surface area contributed by atoms with E-state index in [1.54, 1.807) is 29.2 Å². The van der Waals surface area contributed by atoms with Crippen molar-refractivity contribution in [2.75, 3.05) is 20.3 Å². The molecule has 9 nitrogen and oxygen atoms in total. The van der Waals surface area contributed by atoms with Crippen LogP contribution in [0.5, 0.6) is 11.5 Å². The number of rotatable bonds is 9. The van der Waals surface area contributed by atoms with Gasteiger partial charge in [0.15, 0.2) is 11.5 Å². The topological polar surface area (TPSA) is 125 Å². The van der Waals surface area contributed by atoms with E-state index in [0.717, 1.165) is 24.8 Å². The minimum Gasteiger partial charge on any atom is -0.493 e. The Kier molecular flexibility index (Phi) is 7.93. The Morgan fingerprint density at radius 3 is 2.59 bits per heavy atom. The molecule has 1 fully saturated rings. The van der Waals surface area contributed by atoms with Crippen molar-refractivity contribution in [1.82, 2.24) is 10.2 Å². The van der Waals surface area contributed by atoms with Crippen LogP contribution >= 0.6 is 11.6 Å². The predicted molar refractivity (Wildman–Crippen MR) is 143 cm³/mol. The van der Waals surface area contributed by atoms with Crippen LogP contribution in [0.4, 0.5) is 0 Å². The number of carbonyl (C=O) groups is 3. The number of aliphatic hydroxyl groups excluding tert-OH is 2. The fourth-order valence-electron chi connectivity index (χ4n) is 5.57. The average molecular weight is 555 g/mol. The Balaban J connectivity index is 1.59. The number of fused-ring (bicyclic) bond motifs is 3. The highest BCUT2D eigenvalue weighted by molar-refractivity contribution is 6.30. The van der Waals surface area contributed by atoms with Gasteiger partial charge in [-0.2, -0.15) is 0 Å². The van der Waals surface area contributed by atoms with Crippen LogP contribution in [0.15, 0.2) is 48.0 Å². The third-order valence-corrected chi connectivity index (χ3v) is 8.03. The molecule has 0 spiro atoms. The number of methoxy groups -OCH3 is 1. The Bertz CT molecular complexity index is 1290. The number of hydrogen-bond acceptors (Lipinski definition) is 7. The second-order valence-electron chi connectivity index (χ2n) is 10.1. The molecule has 10 heteroatoms. The van der Waals surface area contributed by atoms with Crippen molar-refractivity contribution in [2.24, 2.45) is 5.92 Å². The second-order valence-corrected chi connectivity index (χ2v) is 10.6. The maximum Gasteiger partial charge on any atom is 0.247 e. The first-order valence-corrected chi connectivity index (χ1v) is 13.4. The summed E-state index contributed by atoms with van der Waals surface area (Å²) in [4.78, 5) is 40.4. The highest BCUT2D eigenvalue weighted by Crippen LogP contribution is 2.51. The third kappa shape index (κ3) is 5.14. The lowest BCUT2D eigenvalue weighted by Crippen LogP contribution is -2.56. The van der Waals surface area contributed by atoms with Gasteiger partial charge in [0.2, 0.25) is 11.8 Å². The zero-order valence-corrected chi connectivity index (χ0v) is 22.3. The Morgan fingerprint density at radius 1 is 1.23 bits per heavy atom. The molecule has 39 heavy (non-hydrogen) atoms. The van der Waals surface area contributed by atoms with Gasteiger partial charge < -0.3 is 29.9 Å². The smallest absolute Gasteiger partial charge is 0.247 e. The van der Waals surface area contributed by atoms with E-state index in [4.69, 9.17) is 21.1 Å². The van der Waals surface area contributed by atoms with Crippen LogP contribution in [-0.2, 0) is 16.1 Å². The number of amides is 2. The molecule has 4 atom stereocenters. The zero-order chi connectivity index (χ0) is 27.7. The summed E-state index contributed by atoms with van der Waals surface area (Å²) in [5.74, 6) is -0.763. The van der Waals surface area contributed by atoms with Crippen LogP contribution in [0.2, 0.25) is 5.02 Å². The molecule has 0 saturated heterocycles. The van der Waals surface area contributed by atoms with Gasteiger partial charge in [-0.25, -0.2) is 0 Å². The van der Waals surface area contributed by atoms with Crippen molar-refractivity contribution in [3.8, 4) is 11.5 Å². The largest absolute Gasteiger partial charge is 0.493 e. The van der Waals surface area contributed by atoms with Crippen LogP contribution < -0.4 is 14.8 Å². The van der Waals surface area contributed by atoms with Gasteiger partial charge in [-0.3, -0.25) is 14.4 Å². The van der Waals surface area contributed by atoms with Crippen LogP contribution in [0.25, 0.3) is 0 Å². The number of aldehydes is 1. The van der Waals surface area contributed by atoms with E-state index in [1.165, 1.54) is 13.2 Å². The number of hydrogen-bond donors (Lipinski definition) is 3. The van der Waals surface area contributed by atoms with Crippen LogP contribution in [0, 0.1) is 5.92 Å². The van der Waals surface area contributed by atoms with Crippen molar-refractivity contribution < 1.29 is 34.1 Å². The number of ether oxygens (including phenoxy) is 2. The van der Waals surface area contributed by atoms with E-state index in [9.17, 15) is 24.6 Å². The third-order valence-electron chi connectivity index (χ3n) is 7.77. The monoisotopic (exact) mass is 554 g/mol. The van der Waals surface area contributed by atoms with Crippen molar-refractivity contribution >= 4 is 29.7 Å². The molecule has 0 radical (unpaired) electrons. The van der Waals surface area contributed by atoms with E-state index in [0.29, 0.717) is 33.9 Å². The van der Waals surface area contributed by atoms with E-state index < -0.39 is 30.1 Å². The van der Waals surface area contributed by atoms with E-state index in [-0.39, 0.29) is 37.1 Å². The van der Waals surface area contributed by atoms with Crippen LogP contribution in [-0.4, -0.2) is 71.7 Å². The fraction of sp³-hybridized carbons (Fsp3) is 0.414. The minimum atomic E-state index is -1.18. The van der Waals surface area contributed by atoms with Gasteiger partial charge in [0.05, 0.1) is 25.7 Å². The molecular weight excluding hydrogens is 524 g/mol. The van der Waals surface area contributed by atoms with Gasteiger partial charge in [-0.1, -0.05) is 30.2 Å². The molecule has 3 N–H and O–H groups in total. The van der Waals surface area contributed by atoms with E-state index >= 15 is 0 Å². The number of benzene rings is 2. The maximum atomic E-state index is 13.7. The quantitative estimate of drug-likeness (QED) is 0.407. The van der Waals surface area contributed by atoms with Crippen molar-refractivity contribution in [3.05, 3.63) is 69.8 Å². The SMILES string of the molecule is COc1cc(C=O)cc2c1O[C@@H]1[C@@H](O)[C@H](N(Cc3ccc(Cl)cc3)C(=O)C3CCC3)C=C(C(=O)NCCO)[C@H]21. The Hall–Kier alpha value is -3.40. The van der Waals surface area contributed by atoms with Crippen molar-refractivity contribution in [2.45, 2.75) is 50.0 Å². The first-order valence-electron chi connectivity index (χ1n) is 13.0. The molecule has 0 bridgehead atoms. The molecule has 2 aromatic rings. The fourth-order valence-corrected chi connectivity index (χ4v) is 5.69. The maximum absolute atomic E-state index is 13.7. The summed E-state index contributed by atoms with van der Waals surface area (Å²) in [5, 5.41) is 24.3. The van der Waals surface area contributed by atoms with Crippen LogP contribution in [0.1, 0.15) is 46.7 Å². The number of aliphatic hydroxyl groups is 2. The molecule has 0 unspecified atom stereocenters. The van der Waals surface area contributed by atoms with Crippen LogP contribution in [0.3, 0.4) is 0 Å². The molecule has 2 aromatic carbocycles. The summed E-state index contributed by atoms with van der Waals surface area (Å²) >= 11 is 6.07. The molecule has 3 aliphatic rings. The lowest BCUT2D eigenvalue weighted by atomic mass is 9.76. The molecule has 2 amide bonds. The van der Waals surface area contributed by atoms with Crippen molar-refractivity contribution in [3.63, 3.8) is 0 Å². The Labute approximate surface area is 231 Å². The highest BCUT2D eigenvalue weighted by Gasteiger charge is 2.52. The molecule has 5 rings (SSSR count). The second kappa shape index (κ2) is 11.4. The standard InChI is InChI=1S/C29H31ClN2O7/c1-38-23-12-17(15-34)11-20-24-21(28(36)31-9-10-33)13-22(25(35)27(24)39-26(20)23)32(29(37)18-3-2-4-18)14-16-5-7-19(30)8-6-16/h5-8,11-13,15,18,22,24-25,27,33,35H,2-4,9-10,14H2,1H3,(H,31,36)/t22-,24+,25+,27+/m1/s1. The summed E-state index contributed by atoms with van der Waals surface area (Å²) in [6.45, 7) is -0.0148. The molecule has 0 aromatic heterocycles. The Morgan fingerprint density at radius 2 is 1.97 bits per heavy atom. The molecule has 1 heterocycles. The summed E-state index contributed by atoms with van der Waals surface area (Å²) in [7, 11) is 1.45. The lowest BCUT2D eigenvalue weighted by Gasteiger charge is -2.42. The molecule has 1 aliphatic heterocycles. The molecule has 1 saturated carbocycles. The number of nitrogens with zero attached hydrogens (tertiary/aromatic N) is 1. The molecular formula is C29H31ClN2O7. The highest BCUT2D eigenvalue weighted by atomic mass is 35.5. The summed E-state index contributed by atoms with van der Waals surface area (Å²) in [6, 6.07) is 9.44. The average Bonchev–Trinajstić information content (AvgIpc) is 3.30. The first-order chi connectivity index (χ1) is 18.9. The number of halogens is 1. The molecule has 2 aliphatic carbocycles. The lowest BCUT2D eigenvalue weighted by molar-refractivity contribution is -0.145. The molecule has 206 valence electrons. The minimum absolute atomic E-state index is 0.0295. The first kappa shape index (κ1) is 27.2. The summed E-state index contributed by atoms with van der Waals surface area (Å²) in [6.07, 6.45) is 2.71. The normalized spacial score (nSPS) is 23.4. The van der Waals surface area contributed by atoms with Gasteiger partial charge in [0.25, 0.3) is 0 Å². The van der Waals surface area contributed by atoms with Gasteiger partial charge in [0.1, 0.15) is 18.5 Å². The van der Waals surface area contributed by atoms with Gasteiger partial charge in [-0.15, -0.1) is 0 Å². The summed E-state index contributed by atoms with van der Waals surface area (Å²) < 4.78 is 11.7. The zero-order valence-electron chi connectivity index (χ0n) is 21.5. The number of carbonyl (C=O) groups excluding carboxylic acids is 3. The predicted octanol–water partition coefficient (Wildman–Crippen LogP) is 2.61. The van der Waals surface area contributed by atoms with Gasteiger partial charge in [-0.05, 0) is 48.7 Å². The van der Waals surface area contributed by atoms with E-state index in [1.807, 2.05) is 12.1 Å². The summed E-state index contributed by atoms with van der Waals surface area (Å²) in [5.41, 5.74) is 1.99. The van der Waals surface area contributed by atoms with Crippen molar-refractivity contribution in [1.29, 1.82) is 0 Å². The van der Waals surface area contributed by atoms with Gasteiger partial charge in [0, 0.05) is 40.7 Å². The van der Waals surface area contributed by atoms with Gasteiger partial charge >= 0.3 is 0 Å². The number of nitrogens with one attached hydrogen (secondary N) is 1. The van der Waals surface area contributed by atoms with E-state index in [2.05, 4.69) is 5.32 Å².